The lowest BCUT2D eigenvalue weighted by atomic mass is 9.93. The fourth-order valence-electron chi connectivity index (χ4n) is 4.91. The van der Waals surface area contributed by atoms with E-state index in [0.717, 1.165) is 52.2 Å². The quantitative estimate of drug-likeness (QED) is 0.929. The van der Waals surface area contributed by atoms with E-state index in [0.29, 0.717) is 23.8 Å². The molecule has 2 aromatic rings. The lowest BCUT2D eigenvalue weighted by Crippen LogP contribution is -2.35. The van der Waals surface area contributed by atoms with Gasteiger partial charge in [0.25, 0.3) is 0 Å². The van der Waals surface area contributed by atoms with Crippen molar-refractivity contribution in [1.29, 1.82) is 0 Å². The smallest absolute Gasteiger partial charge is 0.222 e. The minimum Gasteiger partial charge on any atom is -0.376 e. The molecule has 1 aromatic carbocycles. The van der Waals surface area contributed by atoms with E-state index in [1.54, 1.807) is 0 Å². The first-order chi connectivity index (χ1) is 12.3. The molecule has 5 nitrogen and oxygen atoms in total. The van der Waals surface area contributed by atoms with Crippen molar-refractivity contribution < 1.29 is 9.53 Å². The fourth-order valence-corrected chi connectivity index (χ4v) is 4.91. The van der Waals surface area contributed by atoms with Crippen LogP contribution in [-0.2, 0) is 16.1 Å². The van der Waals surface area contributed by atoms with E-state index in [-0.39, 0.29) is 0 Å². The molecule has 3 aliphatic heterocycles. The molecular weight excluding hydrogens is 314 g/mol. The van der Waals surface area contributed by atoms with Crippen LogP contribution in [0, 0.1) is 11.8 Å². The number of carbonyl (C=O) groups excluding carboxylic acids is 1. The van der Waals surface area contributed by atoms with Gasteiger partial charge in [-0.05, 0) is 24.1 Å². The molecule has 1 aromatic heterocycles. The van der Waals surface area contributed by atoms with Crippen molar-refractivity contribution in [2.24, 2.45) is 11.8 Å². The van der Waals surface area contributed by atoms with Gasteiger partial charge in [0.2, 0.25) is 5.91 Å². The molecule has 1 N–H and O–H groups in total. The molecule has 25 heavy (non-hydrogen) atoms. The van der Waals surface area contributed by atoms with E-state index in [1.165, 1.54) is 16.5 Å². The lowest BCUT2D eigenvalue weighted by molar-refractivity contribution is -0.128. The monoisotopic (exact) mass is 339 g/mol. The van der Waals surface area contributed by atoms with Gasteiger partial charge in [0.05, 0.1) is 12.7 Å². The summed E-state index contributed by atoms with van der Waals surface area (Å²) in [6, 6.07) is 8.65. The minimum atomic E-state index is 0.331. The van der Waals surface area contributed by atoms with Gasteiger partial charge in [-0.1, -0.05) is 12.1 Å². The third-order valence-corrected chi connectivity index (χ3v) is 6.22. The maximum Gasteiger partial charge on any atom is 0.222 e. The molecule has 4 heterocycles. The molecule has 3 atom stereocenters. The summed E-state index contributed by atoms with van der Waals surface area (Å²) in [4.78, 5) is 19.8. The number of ether oxygens (including phenoxy) is 1. The van der Waals surface area contributed by atoms with Gasteiger partial charge in [-0.3, -0.25) is 9.69 Å². The Morgan fingerprint density at radius 1 is 1.24 bits per heavy atom. The standard InChI is InChI=1S/C20H25N3O2/c24-20-5-2-8-23(20)10-15-13-25-19-12-22(11-17(15)19)9-14-3-1-4-18-16(14)6-7-21-18/h1,3-4,6-7,15,17,19,21H,2,5,8-13H2/t15-,17+,19+/m1/s1. The van der Waals surface area contributed by atoms with Crippen LogP contribution in [0.2, 0.25) is 0 Å². The van der Waals surface area contributed by atoms with Crippen molar-refractivity contribution in [3.8, 4) is 0 Å². The van der Waals surface area contributed by atoms with Crippen LogP contribution in [0.15, 0.2) is 30.5 Å². The van der Waals surface area contributed by atoms with Crippen LogP contribution < -0.4 is 0 Å². The number of nitrogens with zero attached hydrogens (tertiary/aromatic N) is 2. The Hall–Kier alpha value is -1.85. The van der Waals surface area contributed by atoms with Crippen molar-refractivity contribution in [1.82, 2.24) is 14.8 Å². The van der Waals surface area contributed by atoms with E-state index in [4.69, 9.17) is 4.74 Å². The van der Waals surface area contributed by atoms with Gasteiger partial charge < -0.3 is 14.6 Å². The third kappa shape index (κ3) is 2.75. The Kier molecular flexibility index (Phi) is 3.79. The van der Waals surface area contributed by atoms with Crippen molar-refractivity contribution in [3.63, 3.8) is 0 Å². The number of fused-ring (bicyclic) bond motifs is 2. The van der Waals surface area contributed by atoms with Crippen molar-refractivity contribution in [2.45, 2.75) is 25.5 Å². The van der Waals surface area contributed by atoms with Crippen LogP contribution >= 0.6 is 0 Å². The summed E-state index contributed by atoms with van der Waals surface area (Å²) >= 11 is 0. The van der Waals surface area contributed by atoms with Crippen LogP contribution in [0.25, 0.3) is 10.9 Å². The summed E-state index contributed by atoms with van der Waals surface area (Å²) in [6.45, 7) is 5.71. The Labute approximate surface area is 147 Å². The number of likely N-dealkylation sites (tertiary alicyclic amines) is 2. The third-order valence-electron chi connectivity index (χ3n) is 6.22. The van der Waals surface area contributed by atoms with Gasteiger partial charge in [-0.2, -0.15) is 0 Å². The number of aromatic amines is 1. The van der Waals surface area contributed by atoms with Crippen molar-refractivity contribution in [3.05, 3.63) is 36.0 Å². The zero-order chi connectivity index (χ0) is 16.8. The Morgan fingerprint density at radius 2 is 2.20 bits per heavy atom. The highest BCUT2D eigenvalue weighted by atomic mass is 16.5. The van der Waals surface area contributed by atoms with Crippen LogP contribution in [0.4, 0.5) is 0 Å². The van der Waals surface area contributed by atoms with E-state index in [1.807, 2.05) is 6.20 Å². The molecule has 3 aliphatic rings. The molecule has 132 valence electrons. The zero-order valence-corrected chi connectivity index (χ0v) is 14.5. The summed E-state index contributed by atoms with van der Waals surface area (Å²) in [6.07, 6.45) is 4.11. The number of hydrogen-bond acceptors (Lipinski definition) is 3. The predicted molar refractivity (Wildman–Crippen MR) is 96.1 cm³/mol. The highest BCUT2D eigenvalue weighted by molar-refractivity contribution is 5.82. The van der Waals surface area contributed by atoms with Crippen molar-refractivity contribution in [2.75, 3.05) is 32.8 Å². The zero-order valence-electron chi connectivity index (χ0n) is 14.5. The lowest BCUT2D eigenvalue weighted by Gasteiger charge is -2.24. The molecule has 3 saturated heterocycles. The number of benzene rings is 1. The Balaban J connectivity index is 1.26. The summed E-state index contributed by atoms with van der Waals surface area (Å²) in [5.74, 6) is 1.40. The summed E-state index contributed by atoms with van der Waals surface area (Å²) < 4.78 is 6.09. The molecule has 0 radical (unpaired) electrons. The first kappa shape index (κ1) is 15.4. The molecule has 3 fully saturated rings. The maximum atomic E-state index is 11.9. The Bertz CT molecular complexity index is 786. The largest absolute Gasteiger partial charge is 0.376 e. The van der Waals surface area contributed by atoms with Crippen LogP contribution in [0.1, 0.15) is 18.4 Å². The second-order valence-corrected chi connectivity index (χ2v) is 7.79. The first-order valence-corrected chi connectivity index (χ1v) is 9.44. The summed E-state index contributed by atoms with van der Waals surface area (Å²) in [5.41, 5.74) is 2.59. The van der Waals surface area contributed by atoms with Gasteiger partial charge >= 0.3 is 0 Å². The minimum absolute atomic E-state index is 0.331. The molecule has 0 bridgehead atoms. The molecule has 1 amide bonds. The summed E-state index contributed by atoms with van der Waals surface area (Å²) in [7, 11) is 0. The number of aromatic nitrogens is 1. The molecule has 0 unspecified atom stereocenters. The SMILES string of the molecule is O=C1CCCN1C[C@@H]1CO[C@H]2CN(Cc3cccc4[nH]ccc34)C[C@@H]12. The van der Waals surface area contributed by atoms with Crippen LogP contribution in [0.5, 0.6) is 0 Å². The maximum absolute atomic E-state index is 11.9. The molecule has 0 spiro atoms. The van der Waals surface area contributed by atoms with Gasteiger partial charge in [0.15, 0.2) is 0 Å². The van der Waals surface area contributed by atoms with Crippen LogP contribution in [-0.4, -0.2) is 59.6 Å². The topological polar surface area (TPSA) is 48.6 Å². The average Bonchev–Trinajstić information content (AvgIpc) is 3.35. The molecular formula is C20H25N3O2. The second kappa shape index (κ2) is 6.15. The van der Waals surface area contributed by atoms with Crippen LogP contribution in [0.3, 0.4) is 0 Å². The summed E-state index contributed by atoms with van der Waals surface area (Å²) in [5, 5.41) is 1.32. The predicted octanol–water partition coefficient (Wildman–Crippen LogP) is 2.24. The molecule has 0 aliphatic carbocycles. The molecule has 5 heteroatoms. The average molecular weight is 339 g/mol. The number of nitrogens with one attached hydrogen (secondary N) is 1. The highest BCUT2D eigenvalue weighted by Gasteiger charge is 2.44. The van der Waals surface area contributed by atoms with Gasteiger partial charge in [-0.25, -0.2) is 0 Å². The molecule has 0 saturated carbocycles. The highest BCUT2D eigenvalue weighted by Crippen LogP contribution is 2.35. The number of amides is 1. The molecule has 5 rings (SSSR count). The van der Waals surface area contributed by atoms with E-state index in [2.05, 4.69) is 39.0 Å². The van der Waals surface area contributed by atoms with E-state index < -0.39 is 0 Å². The number of H-pyrrole nitrogens is 1. The van der Waals surface area contributed by atoms with E-state index in [9.17, 15) is 4.79 Å². The number of hydrogen-bond donors (Lipinski definition) is 1. The van der Waals surface area contributed by atoms with Gasteiger partial charge in [0.1, 0.15) is 0 Å². The second-order valence-electron chi connectivity index (χ2n) is 7.79. The normalized spacial score (nSPS) is 29.8. The number of carbonyl (C=O) groups is 1. The first-order valence-electron chi connectivity index (χ1n) is 9.44. The Morgan fingerprint density at radius 3 is 3.08 bits per heavy atom. The van der Waals surface area contributed by atoms with E-state index >= 15 is 0 Å². The van der Waals surface area contributed by atoms with Crippen molar-refractivity contribution >= 4 is 16.8 Å². The van der Waals surface area contributed by atoms with Gasteiger partial charge in [0, 0.05) is 68.1 Å². The van der Waals surface area contributed by atoms with Gasteiger partial charge in [-0.15, -0.1) is 0 Å². The fraction of sp³-hybridized carbons (Fsp3) is 0.550. The number of rotatable bonds is 4.